The Kier molecular flexibility index (Phi) is 12.6. The predicted octanol–water partition coefficient (Wildman–Crippen LogP) is 0.677. The fourth-order valence-electron chi connectivity index (χ4n) is 0.416. The molecule has 0 saturated carbocycles. The van der Waals surface area contributed by atoms with Gasteiger partial charge in [-0.3, -0.25) is 12.9 Å². The zero-order valence-corrected chi connectivity index (χ0v) is 11.3. The summed E-state index contributed by atoms with van der Waals surface area (Å²) in [6.07, 6.45) is 0. The van der Waals surface area contributed by atoms with Gasteiger partial charge >= 0.3 is 58.9 Å². The molecular weight excluding hydrogens is 250 g/mol. The number of hydrogen-bond acceptors (Lipinski definition) is 0. The molecule has 13 heavy (non-hydrogen) atoms. The minimum atomic E-state index is -3.67. The molecule has 0 atom stereocenters. The quantitative estimate of drug-likeness (QED) is 0.471. The van der Waals surface area contributed by atoms with E-state index in [4.69, 9.17) is 23.2 Å². The minimum absolute atomic E-state index is 0. The summed E-state index contributed by atoms with van der Waals surface area (Å²) >= 11 is 11.1. The van der Waals surface area contributed by atoms with Gasteiger partial charge < -0.3 is 0 Å². The fourth-order valence-corrected chi connectivity index (χ4v) is 0.833. The van der Waals surface area contributed by atoms with Crippen LogP contribution in [0, 0.1) is 6.07 Å². The molecule has 1 aromatic rings. The molecule has 0 heterocycles. The van der Waals surface area contributed by atoms with Gasteiger partial charge in [0.1, 0.15) is 0 Å². The van der Waals surface area contributed by atoms with Crippen molar-refractivity contribution in [3.8, 4) is 0 Å². The van der Waals surface area contributed by atoms with Gasteiger partial charge in [0.05, 0.1) is 0 Å². The van der Waals surface area contributed by atoms with Crippen molar-refractivity contribution >= 4 is 30.7 Å². The second-order valence-electron chi connectivity index (χ2n) is 1.62. The van der Waals surface area contributed by atoms with Gasteiger partial charge in [0.15, 0.2) is 0 Å². The zero-order chi connectivity index (χ0) is 9.56. The van der Waals surface area contributed by atoms with E-state index in [9.17, 15) is 12.9 Å². The molecule has 0 aromatic heterocycles. The molecule has 0 unspecified atom stereocenters. The van der Waals surface area contributed by atoms with Gasteiger partial charge in [-0.25, -0.2) is 0 Å². The number of benzene rings is 1. The topological polar surface area (TPSA) is 0 Å². The Hall–Kier alpha value is 1.29. The summed E-state index contributed by atoms with van der Waals surface area (Å²) in [5, 5.41) is 1.25. The Bertz CT molecular complexity index is 217. The minimum Gasteiger partial charge on any atom is -0.254 e. The average Bonchev–Trinajstić information content (AvgIpc) is 1.84. The first-order valence-corrected chi connectivity index (χ1v) is 3.52. The molecule has 0 aliphatic rings. The third kappa shape index (κ3) is 13.3. The van der Waals surface area contributed by atoms with E-state index in [-0.39, 0.29) is 51.4 Å². The van der Waals surface area contributed by atoms with Crippen molar-refractivity contribution in [2.24, 2.45) is 0 Å². The summed E-state index contributed by atoms with van der Waals surface area (Å²) in [4.78, 5) is 0. The molecule has 0 spiro atoms. The van der Waals surface area contributed by atoms with Gasteiger partial charge in [-0.15, -0.1) is 6.07 Å². The zero-order valence-electron chi connectivity index (χ0n) is 6.70. The Morgan fingerprint density at radius 3 is 1.54 bits per heavy atom. The van der Waals surface area contributed by atoms with Crippen molar-refractivity contribution in [3.05, 3.63) is 34.3 Å². The molecule has 0 radical (unpaired) electrons. The Balaban J connectivity index is 0. The number of hydrogen-bond donors (Lipinski definition) is 0. The van der Waals surface area contributed by atoms with Crippen LogP contribution in [0.25, 0.3) is 0 Å². The largest absolute Gasteiger partial charge is 1.00 e. The summed E-state index contributed by atoms with van der Waals surface area (Å²) in [5.41, 5.74) is 0. The Labute approximate surface area is 127 Å². The van der Waals surface area contributed by atoms with Gasteiger partial charge in [-0.05, 0) is 0 Å². The molecule has 66 valence electrons. The Morgan fingerprint density at radius 2 is 1.38 bits per heavy atom. The van der Waals surface area contributed by atoms with E-state index in [1.165, 1.54) is 0 Å². The van der Waals surface area contributed by atoms with Crippen molar-refractivity contribution in [2.45, 2.75) is 0 Å². The first-order chi connectivity index (χ1) is 5.52. The molecule has 0 nitrogen and oxygen atoms in total. The van der Waals surface area contributed by atoms with Crippen LogP contribution in [0.2, 0.25) is 10.0 Å². The van der Waals surface area contributed by atoms with Crippen LogP contribution in [0.3, 0.4) is 0 Å². The van der Waals surface area contributed by atoms with Crippen molar-refractivity contribution < 1.29 is 64.3 Å². The first-order valence-electron chi connectivity index (χ1n) is 2.76. The summed E-state index contributed by atoms with van der Waals surface area (Å²) in [7, 11) is -3.67. The van der Waals surface area contributed by atoms with E-state index in [1.807, 2.05) is 0 Å². The summed E-state index contributed by atoms with van der Waals surface area (Å²) in [6.45, 7) is 0. The van der Waals surface area contributed by atoms with Crippen LogP contribution >= 0.6 is 23.2 Å². The predicted molar refractivity (Wildman–Crippen MR) is 44.4 cm³/mol. The van der Waals surface area contributed by atoms with E-state index in [2.05, 4.69) is 6.07 Å². The number of halogens is 5. The molecule has 1 aromatic carbocycles. The average molecular weight is 253 g/mol. The monoisotopic (exact) mass is 252 g/mol. The Morgan fingerprint density at radius 1 is 1.08 bits per heavy atom. The summed E-state index contributed by atoms with van der Waals surface area (Å²) < 4.78 is 29.0. The van der Waals surface area contributed by atoms with Gasteiger partial charge in [-0.2, -0.15) is 41.4 Å². The molecular formula is C6H3BCl2F3K. The van der Waals surface area contributed by atoms with Crippen molar-refractivity contribution in [2.75, 3.05) is 0 Å². The molecule has 0 fully saturated rings. The maximum atomic E-state index is 9.67. The third-order valence-electron chi connectivity index (χ3n) is 0.718. The maximum absolute atomic E-state index is 9.67. The van der Waals surface area contributed by atoms with Crippen molar-refractivity contribution in [3.63, 3.8) is 0 Å². The number of rotatable bonds is 0. The summed E-state index contributed by atoms with van der Waals surface area (Å²) in [5.74, 6) is 0. The van der Waals surface area contributed by atoms with Gasteiger partial charge in [-0.1, -0.05) is 10.0 Å². The fraction of sp³-hybridized carbons (Fsp3) is 0. The van der Waals surface area contributed by atoms with Crippen LogP contribution in [0.4, 0.5) is 12.9 Å². The molecule has 7 heteroatoms. The summed E-state index contributed by atoms with van der Waals surface area (Å²) in [6, 6.07) is 7.75. The molecule has 0 saturated heterocycles. The second kappa shape index (κ2) is 9.83. The molecule has 1 rings (SSSR count). The van der Waals surface area contributed by atoms with Crippen LogP contribution < -0.4 is 51.4 Å². The maximum Gasteiger partial charge on any atom is 1.00 e. The van der Waals surface area contributed by atoms with Crippen LogP contribution in [0.5, 0.6) is 0 Å². The van der Waals surface area contributed by atoms with Gasteiger partial charge in [0.25, 0.3) is 0 Å². The van der Waals surface area contributed by atoms with Gasteiger partial charge in [0.2, 0.25) is 0 Å². The van der Waals surface area contributed by atoms with E-state index in [1.54, 1.807) is 18.2 Å². The van der Waals surface area contributed by atoms with Crippen molar-refractivity contribution in [1.82, 2.24) is 0 Å². The van der Waals surface area contributed by atoms with Gasteiger partial charge in [0, 0.05) is 0 Å². The molecule has 0 amide bonds. The van der Waals surface area contributed by atoms with Crippen molar-refractivity contribution in [1.29, 1.82) is 0 Å². The van der Waals surface area contributed by atoms with E-state index in [0.717, 1.165) is 0 Å². The standard InChI is InChI=1S/C6H3Cl2.BF3.K/c7-5-2-1-3-6(8)4-5;2-1(3)4;/h2-4H;;/q-1;;+1. The van der Waals surface area contributed by atoms with Crippen LogP contribution in [0.15, 0.2) is 18.2 Å². The second-order valence-corrected chi connectivity index (χ2v) is 2.49. The van der Waals surface area contributed by atoms with Crippen LogP contribution in [0.1, 0.15) is 0 Å². The third-order valence-corrected chi connectivity index (χ3v) is 1.15. The SMILES string of the molecule is Clc1c[c-]cc(Cl)c1.FB(F)F.[K+]. The molecule has 0 N–H and O–H groups in total. The first kappa shape index (κ1) is 16.7. The van der Waals surface area contributed by atoms with E-state index >= 15 is 0 Å². The molecule has 0 aliphatic heterocycles. The smallest absolute Gasteiger partial charge is 0.254 e. The van der Waals surface area contributed by atoms with Crippen LogP contribution in [-0.2, 0) is 0 Å². The molecule has 0 aliphatic carbocycles. The molecule has 0 bridgehead atoms. The normalized spacial score (nSPS) is 7.77. The van der Waals surface area contributed by atoms with E-state index in [0.29, 0.717) is 10.0 Å². The van der Waals surface area contributed by atoms with Crippen LogP contribution in [-0.4, -0.2) is 7.54 Å². The van der Waals surface area contributed by atoms with E-state index < -0.39 is 7.54 Å².